The summed E-state index contributed by atoms with van der Waals surface area (Å²) in [5.74, 6) is 1.07. The van der Waals surface area contributed by atoms with Crippen LogP contribution in [0.2, 0.25) is 0 Å². The molecule has 1 atom stereocenters. The van der Waals surface area contributed by atoms with Crippen molar-refractivity contribution in [1.29, 1.82) is 0 Å². The zero-order valence-electron chi connectivity index (χ0n) is 14.0. The van der Waals surface area contributed by atoms with Gasteiger partial charge in [-0.1, -0.05) is 30.3 Å². The van der Waals surface area contributed by atoms with Gasteiger partial charge in [-0.05, 0) is 25.8 Å². The van der Waals surface area contributed by atoms with Gasteiger partial charge < -0.3 is 9.64 Å². The molecule has 0 bridgehead atoms. The minimum Gasteiger partial charge on any atom is -0.372 e. The third-order valence-electron chi connectivity index (χ3n) is 4.33. The zero-order valence-corrected chi connectivity index (χ0v) is 14.0. The van der Waals surface area contributed by atoms with Crippen LogP contribution in [0.1, 0.15) is 31.4 Å². The molecule has 1 unspecified atom stereocenters. The molecule has 0 spiro atoms. The average Bonchev–Trinajstić information content (AvgIpc) is 2.67. The molecule has 126 valence electrons. The van der Waals surface area contributed by atoms with Crippen molar-refractivity contribution in [3.05, 3.63) is 48.3 Å². The van der Waals surface area contributed by atoms with E-state index in [0.29, 0.717) is 13.2 Å². The third-order valence-corrected chi connectivity index (χ3v) is 4.33. The van der Waals surface area contributed by atoms with E-state index in [4.69, 9.17) is 9.72 Å². The molecule has 3 rings (SSSR count). The highest BCUT2D eigenvalue weighted by molar-refractivity contribution is 5.77. The van der Waals surface area contributed by atoms with Crippen molar-refractivity contribution in [1.82, 2.24) is 14.9 Å². The first-order valence-corrected chi connectivity index (χ1v) is 8.52. The van der Waals surface area contributed by atoms with Gasteiger partial charge in [-0.3, -0.25) is 4.79 Å². The fourth-order valence-corrected chi connectivity index (χ4v) is 3.05. The molecular weight excluding hydrogens is 302 g/mol. The second-order valence-electron chi connectivity index (χ2n) is 5.99. The Labute approximate surface area is 142 Å². The van der Waals surface area contributed by atoms with Gasteiger partial charge in [-0.15, -0.1) is 0 Å². The first kappa shape index (κ1) is 16.6. The minimum absolute atomic E-state index is 0.0684. The maximum absolute atomic E-state index is 12.2. The van der Waals surface area contributed by atoms with Crippen LogP contribution in [-0.4, -0.2) is 47.1 Å². The van der Waals surface area contributed by atoms with E-state index in [1.165, 1.54) is 0 Å². The molecule has 5 heteroatoms. The molecule has 1 aromatic carbocycles. The first-order chi connectivity index (χ1) is 11.8. The van der Waals surface area contributed by atoms with Crippen LogP contribution in [0.4, 0.5) is 0 Å². The Morgan fingerprint density at radius 2 is 2.12 bits per heavy atom. The second-order valence-corrected chi connectivity index (χ2v) is 5.99. The van der Waals surface area contributed by atoms with Crippen LogP contribution in [0, 0.1) is 0 Å². The molecule has 0 saturated carbocycles. The predicted octanol–water partition coefficient (Wildman–Crippen LogP) is 2.89. The lowest BCUT2D eigenvalue weighted by atomic mass is 9.94. The lowest BCUT2D eigenvalue weighted by molar-refractivity contribution is -0.137. The van der Waals surface area contributed by atoms with E-state index >= 15 is 0 Å². The summed E-state index contributed by atoms with van der Waals surface area (Å²) in [6.07, 6.45) is 3.85. The summed E-state index contributed by atoms with van der Waals surface area (Å²) in [6, 6.07) is 11.9. The molecule has 0 radical (unpaired) electrons. The molecule has 1 aliphatic rings. The van der Waals surface area contributed by atoms with Gasteiger partial charge in [0.1, 0.15) is 6.61 Å². The number of hydrogen-bond donors (Lipinski definition) is 0. The predicted molar refractivity (Wildman–Crippen MR) is 92.5 cm³/mol. The van der Waals surface area contributed by atoms with Gasteiger partial charge >= 0.3 is 0 Å². The Balaban J connectivity index is 1.73. The molecule has 1 fully saturated rings. The largest absolute Gasteiger partial charge is 0.372 e. The number of benzene rings is 1. The number of nitrogens with zero attached hydrogens (tertiary/aromatic N) is 3. The van der Waals surface area contributed by atoms with Gasteiger partial charge in [-0.2, -0.15) is 0 Å². The summed E-state index contributed by atoms with van der Waals surface area (Å²) >= 11 is 0. The van der Waals surface area contributed by atoms with Crippen LogP contribution in [0.25, 0.3) is 11.4 Å². The Hall–Kier alpha value is -2.27. The first-order valence-electron chi connectivity index (χ1n) is 8.52. The maximum atomic E-state index is 12.2. The van der Waals surface area contributed by atoms with Gasteiger partial charge in [-0.25, -0.2) is 9.97 Å². The van der Waals surface area contributed by atoms with E-state index < -0.39 is 0 Å². The summed E-state index contributed by atoms with van der Waals surface area (Å²) in [5, 5.41) is 0. The fourth-order valence-electron chi connectivity index (χ4n) is 3.05. The minimum atomic E-state index is 0.0684. The van der Waals surface area contributed by atoms with Crippen molar-refractivity contribution < 1.29 is 9.53 Å². The number of aromatic nitrogens is 2. The molecule has 1 amide bonds. The van der Waals surface area contributed by atoms with Crippen LogP contribution in [0.5, 0.6) is 0 Å². The fraction of sp³-hybridized carbons (Fsp3) is 0.421. The van der Waals surface area contributed by atoms with Crippen molar-refractivity contribution in [2.75, 3.05) is 26.3 Å². The normalized spacial score (nSPS) is 17.7. The Kier molecular flexibility index (Phi) is 5.54. The summed E-state index contributed by atoms with van der Waals surface area (Å²) in [5.41, 5.74) is 2.03. The highest BCUT2D eigenvalue weighted by Crippen LogP contribution is 2.26. The standard InChI is InChI=1S/C19H23N3O2/c1-2-24-14-18(23)22-12-6-9-16(13-22)17-10-11-20-19(21-17)15-7-4-3-5-8-15/h3-5,7-8,10-11,16H,2,6,9,12-14H2,1H3. The monoisotopic (exact) mass is 325 g/mol. The molecule has 1 aromatic heterocycles. The highest BCUT2D eigenvalue weighted by Gasteiger charge is 2.25. The lowest BCUT2D eigenvalue weighted by Gasteiger charge is -2.32. The number of ether oxygens (including phenoxy) is 1. The third kappa shape index (κ3) is 3.97. The van der Waals surface area contributed by atoms with Crippen LogP contribution >= 0.6 is 0 Å². The molecule has 0 aliphatic carbocycles. The lowest BCUT2D eigenvalue weighted by Crippen LogP contribution is -2.41. The highest BCUT2D eigenvalue weighted by atomic mass is 16.5. The van der Waals surface area contributed by atoms with Gasteiger partial charge in [0, 0.05) is 43.1 Å². The van der Waals surface area contributed by atoms with Crippen LogP contribution in [0.3, 0.4) is 0 Å². The second kappa shape index (κ2) is 8.02. The van der Waals surface area contributed by atoms with Crippen molar-refractivity contribution >= 4 is 5.91 Å². The van der Waals surface area contributed by atoms with Crippen molar-refractivity contribution in [3.63, 3.8) is 0 Å². The van der Waals surface area contributed by atoms with Gasteiger partial charge in [0.2, 0.25) is 5.91 Å². The van der Waals surface area contributed by atoms with Gasteiger partial charge in [0.05, 0.1) is 0 Å². The van der Waals surface area contributed by atoms with E-state index in [1.54, 1.807) is 0 Å². The van der Waals surface area contributed by atoms with Crippen LogP contribution in [0.15, 0.2) is 42.6 Å². The Bertz CT molecular complexity index is 675. The van der Waals surface area contributed by atoms with E-state index in [-0.39, 0.29) is 18.4 Å². The molecule has 2 heterocycles. The summed E-state index contributed by atoms with van der Waals surface area (Å²) in [7, 11) is 0. The van der Waals surface area contributed by atoms with E-state index in [9.17, 15) is 4.79 Å². The smallest absolute Gasteiger partial charge is 0.248 e. The molecule has 1 saturated heterocycles. The number of carbonyl (C=O) groups excluding carboxylic acids is 1. The number of amides is 1. The molecule has 1 aliphatic heterocycles. The molecular formula is C19H23N3O2. The SMILES string of the molecule is CCOCC(=O)N1CCCC(c2ccnc(-c3ccccc3)n2)C1. The van der Waals surface area contributed by atoms with Crippen LogP contribution in [-0.2, 0) is 9.53 Å². The van der Waals surface area contributed by atoms with Crippen molar-refractivity contribution in [3.8, 4) is 11.4 Å². The van der Waals surface area contributed by atoms with E-state index in [0.717, 1.165) is 36.5 Å². The number of piperidine rings is 1. The Morgan fingerprint density at radius 3 is 2.92 bits per heavy atom. The van der Waals surface area contributed by atoms with Crippen molar-refractivity contribution in [2.45, 2.75) is 25.7 Å². The molecule has 2 aromatic rings. The maximum Gasteiger partial charge on any atom is 0.248 e. The van der Waals surface area contributed by atoms with E-state index in [1.807, 2.05) is 54.4 Å². The zero-order chi connectivity index (χ0) is 16.8. The quantitative estimate of drug-likeness (QED) is 0.848. The molecule has 0 N–H and O–H groups in total. The number of rotatable bonds is 5. The summed E-state index contributed by atoms with van der Waals surface area (Å²) < 4.78 is 5.25. The average molecular weight is 325 g/mol. The van der Waals surface area contributed by atoms with Gasteiger partial charge in [0.25, 0.3) is 0 Å². The molecule has 24 heavy (non-hydrogen) atoms. The Morgan fingerprint density at radius 1 is 1.29 bits per heavy atom. The summed E-state index contributed by atoms with van der Waals surface area (Å²) in [4.78, 5) is 23.2. The number of hydrogen-bond acceptors (Lipinski definition) is 4. The molecule has 5 nitrogen and oxygen atoms in total. The topological polar surface area (TPSA) is 55.3 Å². The van der Waals surface area contributed by atoms with Crippen LogP contribution < -0.4 is 0 Å². The summed E-state index contributed by atoms with van der Waals surface area (Å²) in [6.45, 7) is 4.14. The number of carbonyl (C=O) groups is 1. The van der Waals surface area contributed by atoms with Gasteiger partial charge in [0.15, 0.2) is 5.82 Å². The van der Waals surface area contributed by atoms with Crippen molar-refractivity contribution in [2.24, 2.45) is 0 Å². The van der Waals surface area contributed by atoms with E-state index in [2.05, 4.69) is 4.98 Å². The number of likely N-dealkylation sites (tertiary alicyclic amines) is 1.